The second kappa shape index (κ2) is 7.86. The maximum atomic E-state index is 5.37. The molecule has 0 N–H and O–H groups in total. The van der Waals surface area contributed by atoms with Crippen molar-refractivity contribution in [3.63, 3.8) is 0 Å². The SMILES string of the molecule is COc1ccc(-c2nc(CSc3nnnn3C3CCCCC3)no2)cc1. The van der Waals surface area contributed by atoms with E-state index in [-0.39, 0.29) is 0 Å². The number of rotatable bonds is 6. The van der Waals surface area contributed by atoms with E-state index in [0.29, 0.717) is 23.5 Å². The number of nitrogens with zero attached hydrogens (tertiary/aromatic N) is 6. The highest BCUT2D eigenvalue weighted by Crippen LogP contribution is 2.31. The maximum Gasteiger partial charge on any atom is 0.257 e. The van der Waals surface area contributed by atoms with Crippen LogP contribution in [-0.4, -0.2) is 37.5 Å². The summed E-state index contributed by atoms with van der Waals surface area (Å²) in [5.74, 6) is 2.47. The number of tetrazole rings is 1. The molecule has 8 nitrogen and oxygen atoms in total. The van der Waals surface area contributed by atoms with Crippen LogP contribution >= 0.6 is 11.8 Å². The summed E-state index contributed by atoms with van der Waals surface area (Å²) in [5.41, 5.74) is 0.863. The summed E-state index contributed by atoms with van der Waals surface area (Å²) < 4.78 is 12.5. The van der Waals surface area contributed by atoms with Gasteiger partial charge in [-0.3, -0.25) is 0 Å². The van der Waals surface area contributed by atoms with Crippen molar-refractivity contribution >= 4 is 11.8 Å². The number of methoxy groups -OCH3 is 1. The van der Waals surface area contributed by atoms with E-state index in [1.54, 1.807) is 7.11 Å². The zero-order valence-electron chi connectivity index (χ0n) is 14.5. The molecule has 0 spiro atoms. The molecule has 26 heavy (non-hydrogen) atoms. The van der Waals surface area contributed by atoms with E-state index in [2.05, 4.69) is 25.7 Å². The largest absolute Gasteiger partial charge is 0.497 e. The minimum Gasteiger partial charge on any atom is -0.497 e. The van der Waals surface area contributed by atoms with Crippen LogP contribution in [0.2, 0.25) is 0 Å². The highest BCUT2D eigenvalue weighted by atomic mass is 32.2. The fourth-order valence-corrected chi connectivity index (χ4v) is 3.92. The molecule has 1 saturated carbocycles. The Morgan fingerprint density at radius 2 is 2.00 bits per heavy atom. The Kier molecular flexibility index (Phi) is 5.14. The van der Waals surface area contributed by atoms with Crippen molar-refractivity contribution in [2.24, 2.45) is 0 Å². The smallest absolute Gasteiger partial charge is 0.257 e. The lowest BCUT2D eigenvalue weighted by atomic mass is 9.96. The van der Waals surface area contributed by atoms with Crippen LogP contribution in [0.15, 0.2) is 33.9 Å². The van der Waals surface area contributed by atoms with Gasteiger partial charge in [-0.25, -0.2) is 4.68 Å². The molecule has 0 unspecified atom stereocenters. The monoisotopic (exact) mass is 372 g/mol. The standard InChI is InChI=1S/C17H20N6O2S/c1-24-14-9-7-12(8-10-14)16-18-15(20-25-16)11-26-17-19-21-22-23(17)13-5-3-2-4-6-13/h7-10,13H,2-6,11H2,1H3. The fraction of sp³-hybridized carbons (Fsp3) is 0.471. The molecule has 1 aliphatic carbocycles. The minimum atomic E-state index is 0.404. The maximum absolute atomic E-state index is 5.37. The second-order valence-corrected chi connectivity index (χ2v) is 7.17. The molecule has 2 heterocycles. The van der Waals surface area contributed by atoms with Gasteiger partial charge < -0.3 is 9.26 Å². The second-order valence-electron chi connectivity index (χ2n) is 6.23. The summed E-state index contributed by atoms with van der Waals surface area (Å²) in [6.45, 7) is 0. The minimum absolute atomic E-state index is 0.404. The van der Waals surface area contributed by atoms with E-state index >= 15 is 0 Å². The third-order valence-electron chi connectivity index (χ3n) is 4.52. The van der Waals surface area contributed by atoms with Crippen molar-refractivity contribution in [3.05, 3.63) is 30.1 Å². The first-order chi connectivity index (χ1) is 12.8. The number of aromatic nitrogens is 6. The fourth-order valence-electron chi connectivity index (χ4n) is 3.13. The summed E-state index contributed by atoms with van der Waals surface area (Å²) >= 11 is 1.54. The van der Waals surface area contributed by atoms with Gasteiger partial charge in [-0.1, -0.05) is 36.2 Å². The first-order valence-corrected chi connectivity index (χ1v) is 9.70. The predicted molar refractivity (Wildman–Crippen MR) is 95.8 cm³/mol. The normalized spacial score (nSPS) is 15.3. The van der Waals surface area contributed by atoms with Crippen LogP contribution in [0.3, 0.4) is 0 Å². The summed E-state index contributed by atoms with van der Waals surface area (Å²) in [7, 11) is 1.64. The average Bonchev–Trinajstić information content (AvgIpc) is 3.36. The van der Waals surface area contributed by atoms with Gasteiger partial charge in [0.05, 0.1) is 18.9 Å². The van der Waals surface area contributed by atoms with E-state index < -0.39 is 0 Å². The van der Waals surface area contributed by atoms with Gasteiger partial charge in [-0.15, -0.1) is 5.10 Å². The highest BCUT2D eigenvalue weighted by Gasteiger charge is 2.21. The van der Waals surface area contributed by atoms with Crippen LogP contribution in [0.25, 0.3) is 11.5 Å². The van der Waals surface area contributed by atoms with Gasteiger partial charge in [-0.2, -0.15) is 4.98 Å². The lowest BCUT2D eigenvalue weighted by Crippen LogP contribution is -2.15. The Hall–Kier alpha value is -2.42. The van der Waals surface area contributed by atoms with Gasteiger partial charge in [0.1, 0.15) is 5.75 Å². The van der Waals surface area contributed by atoms with E-state index in [4.69, 9.17) is 9.26 Å². The molecule has 3 aromatic rings. The molecule has 0 bridgehead atoms. The van der Waals surface area contributed by atoms with Gasteiger partial charge in [0.25, 0.3) is 5.89 Å². The molecule has 1 fully saturated rings. The van der Waals surface area contributed by atoms with Gasteiger partial charge in [0.2, 0.25) is 5.16 Å². The molecule has 136 valence electrons. The molecule has 2 aromatic heterocycles. The number of hydrogen-bond acceptors (Lipinski definition) is 8. The van der Waals surface area contributed by atoms with Crippen LogP contribution in [0.1, 0.15) is 44.0 Å². The topological polar surface area (TPSA) is 91.8 Å². The lowest BCUT2D eigenvalue weighted by Gasteiger charge is -2.21. The van der Waals surface area contributed by atoms with Crippen molar-refractivity contribution in [2.75, 3.05) is 7.11 Å². The predicted octanol–water partition coefficient (Wildman–Crippen LogP) is 3.53. The molecule has 9 heteroatoms. The lowest BCUT2D eigenvalue weighted by molar-refractivity contribution is 0.307. The quantitative estimate of drug-likeness (QED) is 0.607. The van der Waals surface area contributed by atoms with Crippen molar-refractivity contribution in [3.8, 4) is 17.2 Å². The molecule has 1 aliphatic rings. The van der Waals surface area contributed by atoms with Crippen molar-refractivity contribution in [1.29, 1.82) is 0 Å². The molecule has 0 saturated heterocycles. The molecule has 0 aliphatic heterocycles. The zero-order chi connectivity index (χ0) is 17.8. The molecule has 0 atom stereocenters. The number of hydrogen-bond donors (Lipinski definition) is 0. The Morgan fingerprint density at radius 1 is 1.19 bits per heavy atom. The first-order valence-electron chi connectivity index (χ1n) is 8.71. The van der Waals surface area contributed by atoms with E-state index in [1.807, 2.05) is 28.9 Å². The molecule has 0 radical (unpaired) electrons. The molecule has 0 amide bonds. The third-order valence-corrected chi connectivity index (χ3v) is 5.45. The van der Waals surface area contributed by atoms with Crippen LogP contribution in [-0.2, 0) is 5.75 Å². The van der Waals surface area contributed by atoms with Gasteiger partial charge >= 0.3 is 0 Å². The van der Waals surface area contributed by atoms with Crippen LogP contribution in [0, 0.1) is 0 Å². The van der Waals surface area contributed by atoms with Crippen LogP contribution in [0.5, 0.6) is 5.75 Å². The summed E-state index contributed by atoms with van der Waals surface area (Å²) in [6.07, 6.45) is 6.07. The third kappa shape index (κ3) is 3.72. The molecular weight excluding hydrogens is 352 g/mol. The van der Waals surface area contributed by atoms with Crippen molar-refractivity contribution in [2.45, 2.75) is 49.1 Å². The van der Waals surface area contributed by atoms with E-state index in [9.17, 15) is 0 Å². The number of ether oxygens (including phenoxy) is 1. The molecule has 4 rings (SSSR count). The number of benzene rings is 1. The van der Waals surface area contributed by atoms with E-state index in [0.717, 1.165) is 29.3 Å². The molecular formula is C17H20N6O2S. The molecule has 1 aromatic carbocycles. The van der Waals surface area contributed by atoms with Crippen LogP contribution < -0.4 is 4.74 Å². The van der Waals surface area contributed by atoms with Gasteiger partial charge in [-0.05, 0) is 47.5 Å². The van der Waals surface area contributed by atoms with Crippen LogP contribution in [0.4, 0.5) is 0 Å². The first kappa shape index (κ1) is 17.0. The Morgan fingerprint density at radius 3 is 2.77 bits per heavy atom. The highest BCUT2D eigenvalue weighted by molar-refractivity contribution is 7.98. The van der Waals surface area contributed by atoms with Crippen molar-refractivity contribution < 1.29 is 9.26 Å². The Labute approximate surface area is 155 Å². The van der Waals surface area contributed by atoms with Crippen molar-refractivity contribution in [1.82, 2.24) is 30.3 Å². The van der Waals surface area contributed by atoms with Gasteiger partial charge in [0, 0.05) is 5.56 Å². The Balaban J connectivity index is 1.41. The summed E-state index contributed by atoms with van der Waals surface area (Å²) in [6, 6.07) is 7.93. The Bertz CT molecular complexity index is 841. The van der Waals surface area contributed by atoms with E-state index in [1.165, 1.54) is 31.0 Å². The summed E-state index contributed by atoms with van der Waals surface area (Å²) in [4.78, 5) is 4.46. The summed E-state index contributed by atoms with van der Waals surface area (Å²) in [5, 5.41) is 17.1. The zero-order valence-corrected chi connectivity index (χ0v) is 15.4. The number of thioether (sulfide) groups is 1. The average molecular weight is 372 g/mol. The van der Waals surface area contributed by atoms with Gasteiger partial charge in [0.15, 0.2) is 5.82 Å².